The second kappa shape index (κ2) is 6.43. The standard InChI is InChI=1S/C16H20N6OS/c1-2-3-8-22-13(18-19-20-22)9-21-10-17-15-14(16(21)23)11-6-4-5-7-12(11)24-15/h10H,2-9H2,1H3. The summed E-state index contributed by atoms with van der Waals surface area (Å²) in [5, 5.41) is 12.7. The quantitative estimate of drug-likeness (QED) is 0.709. The normalized spacial score (nSPS) is 14.2. The molecular formula is C16H20N6OS. The summed E-state index contributed by atoms with van der Waals surface area (Å²) in [5.41, 5.74) is 1.25. The van der Waals surface area contributed by atoms with Crippen LogP contribution in [0.25, 0.3) is 10.2 Å². The number of hydrogen-bond acceptors (Lipinski definition) is 6. The molecule has 1 aliphatic carbocycles. The maximum Gasteiger partial charge on any atom is 0.262 e. The van der Waals surface area contributed by atoms with E-state index in [1.165, 1.54) is 16.9 Å². The topological polar surface area (TPSA) is 78.5 Å². The molecule has 0 saturated heterocycles. The van der Waals surface area contributed by atoms with Gasteiger partial charge in [-0.05, 0) is 48.1 Å². The molecule has 0 spiro atoms. The molecule has 126 valence electrons. The van der Waals surface area contributed by atoms with Crippen molar-refractivity contribution >= 4 is 21.6 Å². The molecule has 0 N–H and O–H groups in total. The lowest BCUT2D eigenvalue weighted by Crippen LogP contribution is -2.23. The Hall–Kier alpha value is -2.09. The lowest BCUT2D eigenvalue weighted by molar-refractivity contribution is 0.521. The third-order valence-corrected chi connectivity index (χ3v) is 5.78. The van der Waals surface area contributed by atoms with Crippen molar-refractivity contribution in [3.63, 3.8) is 0 Å². The fourth-order valence-corrected chi connectivity index (χ4v) is 4.48. The van der Waals surface area contributed by atoms with E-state index < -0.39 is 0 Å². The third-order valence-electron chi connectivity index (χ3n) is 4.58. The van der Waals surface area contributed by atoms with Crippen molar-refractivity contribution in [1.82, 2.24) is 29.8 Å². The second-order valence-electron chi connectivity index (χ2n) is 6.24. The van der Waals surface area contributed by atoms with Crippen molar-refractivity contribution in [1.29, 1.82) is 0 Å². The minimum atomic E-state index is 0.0319. The van der Waals surface area contributed by atoms with Gasteiger partial charge in [-0.25, -0.2) is 9.67 Å². The molecule has 0 aliphatic heterocycles. The van der Waals surface area contributed by atoms with Gasteiger partial charge in [-0.1, -0.05) is 13.3 Å². The largest absolute Gasteiger partial charge is 0.291 e. The van der Waals surface area contributed by atoms with Crippen molar-refractivity contribution in [2.75, 3.05) is 0 Å². The third kappa shape index (κ3) is 2.64. The predicted octanol–water partition coefficient (Wildman–Crippen LogP) is 2.17. The van der Waals surface area contributed by atoms with Crippen LogP contribution < -0.4 is 5.56 Å². The Kier molecular flexibility index (Phi) is 4.13. The first-order valence-corrected chi connectivity index (χ1v) is 9.34. The zero-order valence-electron chi connectivity index (χ0n) is 13.7. The fraction of sp³-hybridized carbons (Fsp3) is 0.562. The van der Waals surface area contributed by atoms with E-state index in [0.29, 0.717) is 12.4 Å². The minimum absolute atomic E-state index is 0.0319. The Bertz CT molecular complexity index is 924. The van der Waals surface area contributed by atoms with Crippen LogP contribution in [-0.4, -0.2) is 29.8 Å². The Morgan fingerprint density at radius 2 is 2.17 bits per heavy atom. The zero-order chi connectivity index (χ0) is 16.5. The Morgan fingerprint density at radius 1 is 1.29 bits per heavy atom. The lowest BCUT2D eigenvalue weighted by Gasteiger charge is -2.10. The van der Waals surface area contributed by atoms with Crippen LogP contribution in [0.15, 0.2) is 11.1 Å². The van der Waals surface area contributed by atoms with Crippen LogP contribution in [0, 0.1) is 0 Å². The lowest BCUT2D eigenvalue weighted by atomic mass is 9.97. The van der Waals surface area contributed by atoms with Crippen molar-refractivity contribution in [3.8, 4) is 0 Å². The summed E-state index contributed by atoms with van der Waals surface area (Å²) in [5.74, 6) is 0.704. The number of thiophene rings is 1. The highest BCUT2D eigenvalue weighted by molar-refractivity contribution is 7.18. The molecule has 0 bridgehead atoms. The number of rotatable bonds is 5. The van der Waals surface area contributed by atoms with E-state index in [-0.39, 0.29) is 5.56 Å². The van der Waals surface area contributed by atoms with Gasteiger partial charge in [0.1, 0.15) is 4.83 Å². The highest BCUT2D eigenvalue weighted by Gasteiger charge is 2.20. The number of aryl methyl sites for hydroxylation is 3. The van der Waals surface area contributed by atoms with Crippen LogP contribution in [0.5, 0.6) is 0 Å². The second-order valence-corrected chi connectivity index (χ2v) is 7.32. The molecule has 0 fully saturated rings. The maximum atomic E-state index is 13.0. The molecule has 0 unspecified atom stereocenters. The van der Waals surface area contributed by atoms with Crippen LogP contribution in [0.1, 0.15) is 48.9 Å². The number of nitrogens with zero attached hydrogens (tertiary/aromatic N) is 6. The molecule has 24 heavy (non-hydrogen) atoms. The van der Waals surface area contributed by atoms with E-state index in [1.807, 2.05) is 0 Å². The van der Waals surface area contributed by atoms with E-state index >= 15 is 0 Å². The number of fused-ring (bicyclic) bond motifs is 3. The van der Waals surface area contributed by atoms with Gasteiger partial charge in [0, 0.05) is 11.4 Å². The number of hydrogen-bond donors (Lipinski definition) is 0. The molecule has 0 radical (unpaired) electrons. The van der Waals surface area contributed by atoms with Gasteiger partial charge in [-0.2, -0.15) is 0 Å². The SMILES string of the molecule is CCCCn1nnnc1Cn1cnc2sc3c(c2c1=O)CCCC3. The molecule has 3 aromatic rings. The summed E-state index contributed by atoms with van der Waals surface area (Å²) in [7, 11) is 0. The molecular weight excluding hydrogens is 324 g/mol. The van der Waals surface area contributed by atoms with Crippen molar-refractivity contribution < 1.29 is 0 Å². The van der Waals surface area contributed by atoms with Crippen molar-refractivity contribution in [2.24, 2.45) is 0 Å². The monoisotopic (exact) mass is 344 g/mol. The van der Waals surface area contributed by atoms with Gasteiger partial charge in [-0.3, -0.25) is 9.36 Å². The highest BCUT2D eigenvalue weighted by Crippen LogP contribution is 2.33. The van der Waals surface area contributed by atoms with Gasteiger partial charge >= 0.3 is 0 Å². The Labute approximate surface area is 143 Å². The molecule has 0 atom stereocenters. The summed E-state index contributed by atoms with van der Waals surface area (Å²) >= 11 is 1.67. The van der Waals surface area contributed by atoms with Crippen molar-refractivity contribution in [2.45, 2.75) is 58.5 Å². The average Bonchev–Trinajstić information content (AvgIpc) is 3.19. The number of aromatic nitrogens is 6. The number of unbranched alkanes of at least 4 members (excludes halogenated alkanes) is 1. The van der Waals surface area contributed by atoms with E-state index in [2.05, 4.69) is 27.4 Å². The molecule has 1 aliphatic rings. The van der Waals surface area contributed by atoms with E-state index in [0.717, 1.165) is 48.9 Å². The summed E-state index contributed by atoms with van der Waals surface area (Å²) in [6, 6.07) is 0. The molecule has 8 heteroatoms. The zero-order valence-corrected chi connectivity index (χ0v) is 14.6. The van der Waals surface area contributed by atoms with Gasteiger partial charge in [0.25, 0.3) is 5.56 Å². The van der Waals surface area contributed by atoms with Crippen LogP contribution in [-0.2, 0) is 25.9 Å². The van der Waals surface area contributed by atoms with Gasteiger partial charge in [-0.15, -0.1) is 16.4 Å². The van der Waals surface area contributed by atoms with E-state index in [9.17, 15) is 4.79 Å². The van der Waals surface area contributed by atoms with Gasteiger partial charge in [0.05, 0.1) is 18.3 Å². The molecule has 0 saturated carbocycles. The molecule has 3 aromatic heterocycles. The van der Waals surface area contributed by atoms with Crippen molar-refractivity contribution in [3.05, 3.63) is 32.9 Å². The number of tetrazole rings is 1. The Morgan fingerprint density at radius 3 is 3.04 bits per heavy atom. The predicted molar refractivity (Wildman–Crippen MR) is 92.3 cm³/mol. The summed E-state index contributed by atoms with van der Waals surface area (Å²) in [6.07, 6.45) is 8.15. The molecule has 4 rings (SSSR count). The van der Waals surface area contributed by atoms with Crippen LogP contribution >= 0.6 is 11.3 Å². The summed E-state index contributed by atoms with van der Waals surface area (Å²) in [6.45, 7) is 3.27. The first kappa shape index (κ1) is 15.4. The summed E-state index contributed by atoms with van der Waals surface area (Å²) < 4.78 is 3.42. The summed E-state index contributed by atoms with van der Waals surface area (Å²) in [4.78, 5) is 19.7. The van der Waals surface area contributed by atoms with Gasteiger partial charge < -0.3 is 0 Å². The molecule has 7 nitrogen and oxygen atoms in total. The first-order valence-electron chi connectivity index (χ1n) is 8.52. The maximum absolute atomic E-state index is 13.0. The minimum Gasteiger partial charge on any atom is -0.291 e. The van der Waals surface area contributed by atoms with Crippen LogP contribution in [0.3, 0.4) is 0 Å². The van der Waals surface area contributed by atoms with Crippen LogP contribution in [0.2, 0.25) is 0 Å². The smallest absolute Gasteiger partial charge is 0.262 e. The van der Waals surface area contributed by atoms with E-state index in [4.69, 9.17) is 0 Å². The molecule has 0 amide bonds. The average molecular weight is 344 g/mol. The van der Waals surface area contributed by atoms with Gasteiger partial charge in [0.2, 0.25) is 0 Å². The van der Waals surface area contributed by atoms with Gasteiger partial charge in [0.15, 0.2) is 5.82 Å². The Balaban J connectivity index is 1.72. The fourth-order valence-electron chi connectivity index (χ4n) is 3.26. The first-order chi connectivity index (χ1) is 11.8. The highest BCUT2D eigenvalue weighted by atomic mass is 32.1. The molecule has 3 heterocycles. The molecule has 0 aromatic carbocycles. The van der Waals surface area contributed by atoms with E-state index in [1.54, 1.807) is 26.9 Å². The van der Waals surface area contributed by atoms with Crippen LogP contribution in [0.4, 0.5) is 0 Å².